The first kappa shape index (κ1) is 28.1. The van der Waals surface area contributed by atoms with E-state index < -0.39 is 18.3 Å². The zero-order valence-corrected chi connectivity index (χ0v) is 20.1. The SMILES string of the molecule is CC(=O)C(CCCCNC(=O)CC(=O)O)[N-]Cc1ccccc1.[Y].[c-]1ccccc1. The third kappa shape index (κ3) is 15.0. The van der Waals surface area contributed by atoms with Gasteiger partial charge in [-0.1, -0.05) is 54.8 Å². The third-order valence-electron chi connectivity index (χ3n) is 3.95. The van der Waals surface area contributed by atoms with E-state index in [4.69, 9.17) is 5.11 Å². The number of hydrogen-bond donors (Lipinski definition) is 2. The Balaban J connectivity index is 0.00000103. The molecule has 0 heterocycles. The van der Waals surface area contributed by atoms with E-state index in [1.54, 1.807) is 0 Å². The molecule has 0 fully saturated rings. The van der Waals surface area contributed by atoms with Gasteiger partial charge in [-0.3, -0.25) is 9.59 Å². The van der Waals surface area contributed by atoms with Crippen LogP contribution in [-0.2, 0) is 53.6 Å². The number of carboxylic acids is 1. The van der Waals surface area contributed by atoms with E-state index in [2.05, 4.69) is 16.7 Å². The molecule has 2 aromatic rings. The van der Waals surface area contributed by atoms with Crippen molar-refractivity contribution in [1.82, 2.24) is 5.32 Å². The Hall–Kier alpha value is -1.89. The first-order chi connectivity index (χ1) is 14.0. The van der Waals surface area contributed by atoms with Gasteiger partial charge in [0.15, 0.2) is 0 Å². The number of nitrogens with zero attached hydrogens (tertiary/aromatic N) is 1. The van der Waals surface area contributed by atoms with Crippen LogP contribution in [0, 0.1) is 6.07 Å². The zero-order chi connectivity index (χ0) is 21.3. The number of carbonyl (C=O) groups is 3. The van der Waals surface area contributed by atoms with E-state index in [0.717, 1.165) is 12.0 Å². The van der Waals surface area contributed by atoms with Gasteiger partial charge in [-0.25, -0.2) is 0 Å². The molecule has 1 radical (unpaired) electrons. The van der Waals surface area contributed by atoms with Crippen molar-refractivity contribution >= 4 is 17.7 Å². The molecule has 2 N–H and O–H groups in total. The van der Waals surface area contributed by atoms with Crippen molar-refractivity contribution in [3.8, 4) is 0 Å². The molecule has 1 atom stereocenters. The number of benzene rings is 2. The molecule has 0 saturated carbocycles. The number of rotatable bonds is 11. The van der Waals surface area contributed by atoms with Crippen LogP contribution in [0.15, 0.2) is 60.7 Å². The van der Waals surface area contributed by atoms with Crippen molar-refractivity contribution in [1.29, 1.82) is 0 Å². The number of unbranched alkanes of at least 4 members (excludes halogenated alkanes) is 1. The van der Waals surface area contributed by atoms with E-state index in [1.165, 1.54) is 6.92 Å². The quantitative estimate of drug-likeness (QED) is 0.288. The molecular weight excluding hydrogens is 457 g/mol. The van der Waals surface area contributed by atoms with Crippen LogP contribution in [0.5, 0.6) is 0 Å². The molecule has 1 unspecified atom stereocenters. The smallest absolute Gasteiger partial charge is 0.312 e. The summed E-state index contributed by atoms with van der Waals surface area (Å²) in [4.78, 5) is 33.1. The van der Waals surface area contributed by atoms with Crippen LogP contribution in [0.3, 0.4) is 0 Å². The molecule has 159 valence electrons. The minimum Gasteiger partial charge on any atom is -0.650 e. The second-order valence-corrected chi connectivity index (χ2v) is 6.45. The standard InChI is InChI=1S/C17H23N2O4.C6H5.Y/c1-13(20)15(19-12-14-7-3-2-4-8-14)9-5-6-10-18-16(21)11-17(22)23;1-2-4-6-5-3-1;/h2-4,7-8,15H,5-6,9-12H2,1H3,(H,18,21)(H,22,23);1-5H;/q2*-1;. The van der Waals surface area contributed by atoms with Crippen LogP contribution in [0.2, 0.25) is 0 Å². The molecule has 0 spiro atoms. The average molecular weight is 485 g/mol. The number of amides is 1. The van der Waals surface area contributed by atoms with Gasteiger partial charge in [-0.15, -0.1) is 6.54 Å². The normalized spacial score (nSPS) is 10.6. The van der Waals surface area contributed by atoms with Gasteiger partial charge in [0.1, 0.15) is 12.2 Å². The Labute approximate surface area is 203 Å². The van der Waals surface area contributed by atoms with Crippen LogP contribution < -0.4 is 5.32 Å². The fourth-order valence-corrected chi connectivity index (χ4v) is 2.45. The van der Waals surface area contributed by atoms with Crippen molar-refractivity contribution in [2.45, 2.75) is 45.2 Å². The summed E-state index contributed by atoms with van der Waals surface area (Å²) < 4.78 is 0. The average Bonchev–Trinajstić information content (AvgIpc) is 2.71. The molecule has 0 bridgehead atoms. The Morgan fingerprint density at radius 2 is 1.67 bits per heavy atom. The second kappa shape index (κ2) is 17.9. The summed E-state index contributed by atoms with van der Waals surface area (Å²) in [5.74, 6) is -1.59. The summed E-state index contributed by atoms with van der Waals surface area (Å²) in [7, 11) is 0. The summed E-state index contributed by atoms with van der Waals surface area (Å²) in [6.45, 7) is 2.46. The van der Waals surface area contributed by atoms with Crippen molar-refractivity contribution in [3.63, 3.8) is 0 Å². The summed E-state index contributed by atoms with van der Waals surface area (Å²) in [5.41, 5.74) is 1.07. The van der Waals surface area contributed by atoms with Gasteiger partial charge >= 0.3 is 5.97 Å². The molecule has 2 rings (SSSR count). The third-order valence-corrected chi connectivity index (χ3v) is 3.95. The van der Waals surface area contributed by atoms with E-state index in [1.807, 2.05) is 60.7 Å². The molecule has 0 saturated heterocycles. The molecule has 2 aromatic carbocycles. The number of Topliss-reactive ketones (excluding diaryl/α,β-unsaturated/α-hetero) is 1. The molecule has 0 aliphatic carbocycles. The number of carbonyl (C=O) groups excluding carboxylic acids is 2. The van der Waals surface area contributed by atoms with E-state index in [9.17, 15) is 14.4 Å². The predicted octanol–water partition coefficient (Wildman–Crippen LogP) is 3.76. The second-order valence-electron chi connectivity index (χ2n) is 6.45. The first-order valence-corrected chi connectivity index (χ1v) is 9.59. The Bertz CT molecular complexity index is 700. The van der Waals surface area contributed by atoms with E-state index >= 15 is 0 Å². The van der Waals surface area contributed by atoms with Crippen LogP contribution in [0.1, 0.15) is 38.2 Å². The van der Waals surface area contributed by atoms with Gasteiger partial charge in [0.2, 0.25) is 5.91 Å². The number of hydrogen-bond acceptors (Lipinski definition) is 3. The number of aliphatic carboxylic acids is 1. The van der Waals surface area contributed by atoms with Gasteiger partial charge in [0, 0.05) is 39.3 Å². The zero-order valence-electron chi connectivity index (χ0n) is 17.3. The summed E-state index contributed by atoms with van der Waals surface area (Å²) >= 11 is 0. The monoisotopic (exact) mass is 485 g/mol. The van der Waals surface area contributed by atoms with Gasteiger partial charge in [-0.05, 0) is 13.3 Å². The van der Waals surface area contributed by atoms with Crippen LogP contribution in [0.4, 0.5) is 0 Å². The van der Waals surface area contributed by atoms with Gasteiger partial charge < -0.3 is 20.5 Å². The van der Waals surface area contributed by atoms with Crippen LogP contribution in [-0.4, -0.2) is 35.4 Å². The fraction of sp³-hybridized carbons (Fsp3) is 0.348. The number of carboxylic acid groups (broad SMARTS) is 1. The van der Waals surface area contributed by atoms with Gasteiger partial charge in [0.05, 0.1) is 0 Å². The van der Waals surface area contributed by atoms with Crippen molar-refractivity contribution in [2.75, 3.05) is 6.54 Å². The van der Waals surface area contributed by atoms with Crippen molar-refractivity contribution in [3.05, 3.63) is 77.6 Å². The topological polar surface area (TPSA) is 97.6 Å². The number of ketones is 1. The summed E-state index contributed by atoms with van der Waals surface area (Å²) in [6.07, 6.45) is 1.56. The maximum Gasteiger partial charge on any atom is 0.312 e. The summed E-state index contributed by atoms with van der Waals surface area (Å²) in [5, 5.41) is 15.5. The first-order valence-electron chi connectivity index (χ1n) is 9.59. The van der Waals surface area contributed by atoms with E-state index in [0.29, 0.717) is 25.9 Å². The Morgan fingerprint density at radius 3 is 2.17 bits per heavy atom. The minimum atomic E-state index is -1.14. The minimum absolute atomic E-state index is 0. The van der Waals surface area contributed by atoms with Gasteiger partial charge in [-0.2, -0.15) is 36.4 Å². The molecule has 30 heavy (non-hydrogen) atoms. The molecule has 0 aliphatic rings. The van der Waals surface area contributed by atoms with E-state index in [-0.39, 0.29) is 44.5 Å². The molecule has 0 aromatic heterocycles. The van der Waals surface area contributed by atoms with Crippen LogP contribution in [0.25, 0.3) is 5.32 Å². The molecular formula is C23H28N2O4Y-2. The van der Waals surface area contributed by atoms with Crippen molar-refractivity contribution < 1.29 is 52.2 Å². The number of nitrogens with one attached hydrogen (secondary N) is 1. The largest absolute Gasteiger partial charge is 0.650 e. The maximum atomic E-state index is 11.6. The Kier molecular flexibility index (Phi) is 16.8. The molecule has 7 heteroatoms. The van der Waals surface area contributed by atoms with Crippen molar-refractivity contribution in [2.24, 2.45) is 0 Å². The molecule has 6 nitrogen and oxygen atoms in total. The van der Waals surface area contributed by atoms with Gasteiger partial charge in [0.25, 0.3) is 0 Å². The van der Waals surface area contributed by atoms with Crippen LogP contribution >= 0.6 is 0 Å². The predicted molar refractivity (Wildman–Crippen MR) is 112 cm³/mol. The molecule has 1 amide bonds. The molecule has 0 aliphatic heterocycles. The maximum absolute atomic E-state index is 11.6. The fourth-order valence-electron chi connectivity index (χ4n) is 2.45. The summed E-state index contributed by atoms with van der Waals surface area (Å²) in [6, 6.07) is 21.9. The Morgan fingerprint density at radius 1 is 1.03 bits per heavy atom.